The second-order valence-corrected chi connectivity index (χ2v) is 13.6. The van der Waals surface area contributed by atoms with Crippen LogP contribution >= 0.6 is 0 Å². The van der Waals surface area contributed by atoms with Crippen molar-refractivity contribution in [1.82, 2.24) is 24.1 Å². The Morgan fingerprint density at radius 3 is 1.50 bits per heavy atom. The minimum absolute atomic E-state index is 0.636. The molecule has 5 nitrogen and oxygen atoms in total. The zero-order valence-corrected chi connectivity index (χ0v) is 29.1. The van der Waals surface area contributed by atoms with Crippen molar-refractivity contribution in [3.05, 3.63) is 188 Å². The molecule has 0 saturated heterocycles. The summed E-state index contributed by atoms with van der Waals surface area (Å²) in [6, 6.07) is 66.2. The Balaban J connectivity index is 1.14. The number of hydrogen-bond acceptors (Lipinski definition) is 3. The number of para-hydroxylation sites is 2. The lowest BCUT2D eigenvalue weighted by molar-refractivity contribution is 1.07. The molecule has 0 aliphatic carbocycles. The SMILES string of the molecule is c1ccc(-c2nc(-c3ccccc3)nc(-c3ccc(-n4c5ccccc5c5ccc6c(c7ccccc7n6-c6cccc7ccccc67)c54)cc3)n2)cc1. The molecule has 0 unspecified atom stereocenters. The van der Waals surface area contributed by atoms with Crippen LogP contribution in [0.4, 0.5) is 0 Å². The number of benzene rings is 8. The van der Waals surface area contributed by atoms with E-state index in [0.29, 0.717) is 17.5 Å². The summed E-state index contributed by atoms with van der Waals surface area (Å²) in [5.41, 5.74) is 9.78. The number of nitrogens with zero attached hydrogens (tertiary/aromatic N) is 5. The molecule has 11 aromatic rings. The number of hydrogen-bond donors (Lipinski definition) is 0. The lowest BCUT2D eigenvalue weighted by Gasteiger charge is -2.12. The highest BCUT2D eigenvalue weighted by molar-refractivity contribution is 6.26. The molecule has 0 spiro atoms. The predicted octanol–water partition coefficient (Wildman–Crippen LogP) is 12.2. The van der Waals surface area contributed by atoms with Crippen LogP contribution < -0.4 is 0 Å². The molecule has 0 aliphatic heterocycles. The van der Waals surface area contributed by atoms with E-state index < -0.39 is 0 Å². The van der Waals surface area contributed by atoms with Crippen LogP contribution in [0.15, 0.2) is 188 Å². The van der Waals surface area contributed by atoms with Crippen LogP contribution in [-0.4, -0.2) is 24.1 Å². The first-order chi connectivity index (χ1) is 26.8. The molecule has 0 fully saturated rings. The van der Waals surface area contributed by atoms with E-state index in [1.165, 1.54) is 54.6 Å². The molecule has 5 heteroatoms. The summed E-state index contributed by atoms with van der Waals surface area (Å²) >= 11 is 0. The van der Waals surface area contributed by atoms with Gasteiger partial charge in [0.25, 0.3) is 0 Å². The molecule has 252 valence electrons. The monoisotopic (exact) mass is 689 g/mol. The van der Waals surface area contributed by atoms with Crippen molar-refractivity contribution in [1.29, 1.82) is 0 Å². The normalized spacial score (nSPS) is 11.7. The number of rotatable bonds is 5. The second kappa shape index (κ2) is 12.1. The highest BCUT2D eigenvalue weighted by Gasteiger charge is 2.21. The summed E-state index contributed by atoms with van der Waals surface area (Å²) in [5, 5.41) is 7.34. The van der Waals surface area contributed by atoms with Crippen LogP contribution in [0.2, 0.25) is 0 Å². The van der Waals surface area contributed by atoms with E-state index in [0.717, 1.165) is 27.9 Å². The third-order valence-electron chi connectivity index (χ3n) is 10.6. The summed E-state index contributed by atoms with van der Waals surface area (Å²) in [4.78, 5) is 14.9. The van der Waals surface area contributed by atoms with E-state index in [1.807, 2.05) is 60.7 Å². The first-order valence-corrected chi connectivity index (χ1v) is 18.2. The van der Waals surface area contributed by atoms with Crippen LogP contribution in [0.5, 0.6) is 0 Å². The average Bonchev–Trinajstić information content (AvgIpc) is 3.77. The van der Waals surface area contributed by atoms with Gasteiger partial charge in [-0.1, -0.05) is 140 Å². The summed E-state index contributed by atoms with van der Waals surface area (Å²) in [5.74, 6) is 1.93. The molecule has 8 aromatic carbocycles. The van der Waals surface area contributed by atoms with Gasteiger partial charge in [0.05, 0.1) is 27.8 Å². The maximum absolute atomic E-state index is 4.99. The second-order valence-electron chi connectivity index (χ2n) is 13.6. The lowest BCUT2D eigenvalue weighted by atomic mass is 10.1. The summed E-state index contributed by atoms with van der Waals surface area (Å²) < 4.78 is 4.86. The molecule has 3 aromatic heterocycles. The first-order valence-electron chi connectivity index (χ1n) is 18.2. The maximum atomic E-state index is 4.99. The van der Waals surface area contributed by atoms with Crippen LogP contribution in [0, 0.1) is 0 Å². The molecule has 0 amide bonds. The zero-order valence-electron chi connectivity index (χ0n) is 29.1. The van der Waals surface area contributed by atoms with Crippen LogP contribution in [0.25, 0.3) is 99.9 Å². The standard InChI is InChI=1S/C49H31N5/c1-3-15-33(16-4-1)47-50-48(34-17-5-2-6-18-34)52-49(51-47)35-26-28-36(29-27-35)53-42-23-11-9-21-38(42)39-30-31-44-45(46(39)53)40-22-10-12-24-43(40)54(44)41-25-13-19-32-14-7-8-20-37(32)41/h1-31H. The van der Waals surface area contributed by atoms with Gasteiger partial charge >= 0.3 is 0 Å². The largest absolute Gasteiger partial charge is 0.309 e. The first kappa shape index (κ1) is 30.3. The maximum Gasteiger partial charge on any atom is 0.164 e. The van der Waals surface area contributed by atoms with Gasteiger partial charge in [0.2, 0.25) is 0 Å². The molecular weight excluding hydrogens is 659 g/mol. The van der Waals surface area contributed by atoms with Crippen molar-refractivity contribution >= 4 is 54.4 Å². The van der Waals surface area contributed by atoms with Gasteiger partial charge < -0.3 is 9.13 Å². The fourth-order valence-corrected chi connectivity index (χ4v) is 8.14. The van der Waals surface area contributed by atoms with E-state index in [1.54, 1.807) is 0 Å². The smallest absolute Gasteiger partial charge is 0.164 e. The minimum atomic E-state index is 0.636. The van der Waals surface area contributed by atoms with Crippen molar-refractivity contribution in [3.63, 3.8) is 0 Å². The van der Waals surface area contributed by atoms with Gasteiger partial charge in [-0.2, -0.15) is 0 Å². The van der Waals surface area contributed by atoms with E-state index >= 15 is 0 Å². The molecule has 0 aliphatic rings. The quantitative estimate of drug-likeness (QED) is 0.181. The Kier molecular flexibility index (Phi) is 6.79. The van der Waals surface area contributed by atoms with Gasteiger partial charge in [0.15, 0.2) is 17.5 Å². The average molecular weight is 690 g/mol. The number of aromatic nitrogens is 5. The van der Waals surface area contributed by atoms with Crippen molar-refractivity contribution in [3.8, 4) is 45.5 Å². The third kappa shape index (κ3) is 4.69. The Hall–Kier alpha value is -7.37. The van der Waals surface area contributed by atoms with Crippen LogP contribution in [0.3, 0.4) is 0 Å². The van der Waals surface area contributed by atoms with Gasteiger partial charge in [-0.05, 0) is 53.9 Å². The molecule has 3 heterocycles. The molecular formula is C49H31N5. The Morgan fingerprint density at radius 2 is 0.833 bits per heavy atom. The lowest BCUT2D eigenvalue weighted by Crippen LogP contribution is -2.00. The van der Waals surface area contributed by atoms with E-state index in [9.17, 15) is 0 Å². The summed E-state index contributed by atoms with van der Waals surface area (Å²) in [7, 11) is 0. The minimum Gasteiger partial charge on any atom is -0.309 e. The van der Waals surface area contributed by atoms with E-state index in [4.69, 9.17) is 15.0 Å². The molecule has 0 N–H and O–H groups in total. The van der Waals surface area contributed by atoms with Crippen molar-refractivity contribution in [2.75, 3.05) is 0 Å². The molecule has 0 saturated carbocycles. The molecule has 54 heavy (non-hydrogen) atoms. The Bertz CT molecular complexity index is 3130. The Morgan fingerprint density at radius 1 is 0.315 bits per heavy atom. The van der Waals surface area contributed by atoms with Gasteiger partial charge in [0, 0.05) is 49.3 Å². The number of fused-ring (bicyclic) bond motifs is 8. The van der Waals surface area contributed by atoms with Gasteiger partial charge in [-0.3, -0.25) is 0 Å². The third-order valence-corrected chi connectivity index (χ3v) is 10.6. The van der Waals surface area contributed by atoms with Crippen molar-refractivity contribution in [2.45, 2.75) is 0 Å². The fourth-order valence-electron chi connectivity index (χ4n) is 8.14. The van der Waals surface area contributed by atoms with E-state index in [-0.39, 0.29) is 0 Å². The highest BCUT2D eigenvalue weighted by atomic mass is 15.0. The predicted molar refractivity (Wildman–Crippen MR) is 222 cm³/mol. The van der Waals surface area contributed by atoms with Crippen LogP contribution in [0.1, 0.15) is 0 Å². The topological polar surface area (TPSA) is 48.5 Å². The van der Waals surface area contributed by atoms with E-state index in [2.05, 4.69) is 137 Å². The van der Waals surface area contributed by atoms with Crippen LogP contribution in [-0.2, 0) is 0 Å². The molecule has 11 rings (SSSR count). The Labute approximate surface area is 311 Å². The van der Waals surface area contributed by atoms with Crippen molar-refractivity contribution in [2.24, 2.45) is 0 Å². The van der Waals surface area contributed by atoms with Gasteiger partial charge in [0.1, 0.15) is 0 Å². The zero-order chi connectivity index (χ0) is 35.6. The summed E-state index contributed by atoms with van der Waals surface area (Å²) in [6.07, 6.45) is 0. The highest BCUT2D eigenvalue weighted by Crippen LogP contribution is 2.43. The molecule has 0 atom stereocenters. The summed E-state index contributed by atoms with van der Waals surface area (Å²) in [6.45, 7) is 0. The molecule has 0 radical (unpaired) electrons. The molecule has 0 bridgehead atoms. The van der Waals surface area contributed by atoms with Crippen molar-refractivity contribution < 1.29 is 0 Å². The van der Waals surface area contributed by atoms with Gasteiger partial charge in [-0.15, -0.1) is 0 Å². The fraction of sp³-hybridized carbons (Fsp3) is 0. The van der Waals surface area contributed by atoms with Gasteiger partial charge in [-0.25, -0.2) is 15.0 Å².